The molecule has 0 saturated heterocycles. The van der Waals surface area contributed by atoms with E-state index in [0.29, 0.717) is 21.6 Å². The van der Waals surface area contributed by atoms with Crippen molar-refractivity contribution in [2.75, 3.05) is 7.11 Å². The van der Waals surface area contributed by atoms with E-state index in [2.05, 4.69) is 9.97 Å². The van der Waals surface area contributed by atoms with Gasteiger partial charge in [0.05, 0.1) is 7.11 Å². The Labute approximate surface area is 96.9 Å². The lowest BCUT2D eigenvalue weighted by Gasteiger charge is -2.04. The van der Waals surface area contributed by atoms with Crippen LogP contribution < -0.4 is 4.74 Å². The first kappa shape index (κ1) is 10.8. The summed E-state index contributed by atoms with van der Waals surface area (Å²) in [6, 6.07) is 4.57. The number of aromatic nitrogens is 2. The second kappa shape index (κ2) is 4.40. The van der Waals surface area contributed by atoms with Crippen LogP contribution in [-0.4, -0.2) is 17.1 Å². The Balaban J connectivity index is 2.57. The summed E-state index contributed by atoms with van der Waals surface area (Å²) in [5.41, 5.74) is 0.792. The molecule has 2 aromatic rings. The van der Waals surface area contributed by atoms with Crippen molar-refractivity contribution in [3.05, 3.63) is 41.1 Å². The van der Waals surface area contributed by atoms with Crippen molar-refractivity contribution in [1.82, 2.24) is 9.97 Å². The highest BCUT2D eigenvalue weighted by atomic mass is 32.1. The molecule has 1 N–H and O–H groups in total. The van der Waals surface area contributed by atoms with Crippen molar-refractivity contribution in [2.24, 2.45) is 0 Å². The fourth-order valence-electron chi connectivity index (χ4n) is 1.36. The maximum absolute atomic E-state index is 13.7. The Morgan fingerprint density at radius 3 is 2.88 bits per heavy atom. The summed E-state index contributed by atoms with van der Waals surface area (Å²) in [6.07, 6.45) is 3.14. The van der Waals surface area contributed by atoms with Gasteiger partial charge in [0.1, 0.15) is 21.9 Å². The van der Waals surface area contributed by atoms with E-state index in [1.165, 1.54) is 19.4 Å². The van der Waals surface area contributed by atoms with Gasteiger partial charge in [-0.2, -0.15) is 0 Å². The number of ether oxygens (including phenoxy) is 1. The normalized spacial score (nSPS) is 10.1. The summed E-state index contributed by atoms with van der Waals surface area (Å²) in [7, 11) is 1.49. The highest BCUT2D eigenvalue weighted by Crippen LogP contribution is 2.24. The number of rotatable bonds is 2. The number of halogens is 1. The quantitative estimate of drug-likeness (QED) is 0.815. The van der Waals surface area contributed by atoms with Crippen LogP contribution in [0.5, 0.6) is 5.75 Å². The third-order valence-corrected chi connectivity index (χ3v) is 2.45. The summed E-state index contributed by atoms with van der Waals surface area (Å²) in [5.74, 6) is 0.0598. The minimum Gasteiger partial charge on any atom is -0.497 e. The van der Waals surface area contributed by atoms with Crippen molar-refractivity contribution in [3.63, 3.8) is 0 Å². The Kier molecular flexibility index (Phi) is 2.96. The predicted octanol–water partition coefficient (Wildman–Crippen LogP) is 2.95. The molecule has 0 radical (unpaired) electrons. The first-order valence-corrected chi connectivity index (χ1v) is 5.01. The molecule has 1 aromatic carbocycles. The van der Waals surface area contributed by atoms with Crippen LogP contribution in [0.2, 0.25) is 0 Å². The first-order valence-electron chi connectivity index (χ1n) is 4.60. The molecule has 0 saturated carbocycles. The largest absolute Gasteiger partial charge is 0.497 e. The molecule has 0 bridgehead atoms. The van der Waals surface area contributed by atoms with E-state index >= 15 is 0 Å². The second-order valence-corrected chi connectivity index (χ2v) is 3.52. The van der Waals surface area contributed by atoms with Crippen molar-refractivity contribution < 1.29 is 9.13 Å². The second-order valence-electron chi connectivity index (χ2n) is 3.11. The fraction of sp³-hybridized carbons (Fsp3) is 0.0909. The van der Waals surface area contributed by atoms with Gasteiger partial charge in [-0.3, -0.25) is 4.98 Å². The summed E-state index contributed by atoms with van der Waals surface area (Å²) in [6.45, 7) is 0. The van der Waals surface area contributed by atoms with Crippen molar-refractivity contribution in [1.29, 1.82) is 0 Å². The minimum absolute atomic E-state index is 0.364. The van der Waals surface area contributed by atoms with Gasteiger partial charge in [0.15, 0.2) is 0 Å². The van der Waals surface area contributed by atoms with Gasteiger partial charge in [-0.05, 0) is 12.1 Å². The number of hydrogen-bond donors (Lipinski definition) is 1. The number of hydrogen-bond acceptors (Lipinski definition) is 3. The van der Waals surface area contributed by atoms with E-state index in [0.717, 1.165) is 0 Å². The third kappa shape index (κ3) is 1.94. The molecular formula is C11H9FN2OS. The summed E-state index contributed by atoms with van der Waals surface area (Å²) in [4.78, 5) is 6.86. The van der Waals surface area contributed by atoms with E-state index in [4.69, 9.17) is 17.0 Å². The lowest BCUT2D eigenvalue weighted by molar-refractivity contribution is 0.411. The molecular weight excluding hydrogens is 227 g/mol. The Hall–Kier alpha value is -1.75. The lowest BCUT2D eigenvalue weighted by Crippen LogP contribution is -1.92. The molecule has 2 rings (SSSR count). The van der Waals surface area contributed by atoms with Crippen LogP contribution in [0.3, 0.4) is 0 Å². The lowest BCUT2D eigenvalue weighted by atomic mass is 10.1. The zero-order chi connectivity index (χ0) is 11.5. The number of nitrogens with zero attached hydrogens (tertiary/aromatic N) is 1. The predicted molar refractivity (Wildman–Crippen MR) is 61.4 cm³/mol. The molecule has 1 aromatic heterocycles. The van der Waals surface area contributed by atoms with Crippen molar-refractivity contribution >= 4 is 12.2 Å². The highest BCUT2D eigenvalue weighted by Gasteiger charge is 2.08. The maximum atomic E-state index is 13.7. The number of methoxy groups -OCH3 is 1. The molecule has 0 amide bonds. The molecule has 0 aliphatic carbocycles. The average molecular weight is 236 g/mol. The Bertz CT molecular complexity index is 568. The smallest absolute Gasteiger partial charge is 0.136 e. The molecule has 0 unspecified atom stereocenters. The minimum atomic E-state index is -0.405. The zero-order valence-corrected chi connectivity index (χ0v) is 9.34. The molecule has 0 spiro atoms. The van der Waals surface area contributed by atoms with E-state index < -0.39 is 5.82 Å². The van der Waals surface area contributed by atoms with Crippen LogP contribution in [0, 0.1) is 10.5 Å². The van der Waals surface area contributed by atoms with E-state index in [-0.39, 0.29) is 0 Å². The molecule has 0 aliphatic heterocycles. The van der Waals surface area contributed by atoms with Crippen LogP contribution in [0.25, 0.3) is 11.3 Å². The summed E-state index contributed by atoms with van der Waals surface area (Å²) in [5, 5.41) is 0. The average Bonchev–Trinajstić information content (AvgIpc) is 2.30. The van der Waals surface area contributed by atoms with Crippen LogP contribution in [0.15, 0.2) is 30.6 Å². The van der Waals surface area contributed by atoms with Gasteiger partial charge in [-0.1, -0.05) is 12.2 Å². The Morgan fingerprint density at radius 2 is 2.25 bits per heavy atom. The van der Waals surface area contributed by atoms with Crippen LogP contribution in [-0.2, 0) is 0 Å². The van der Waals surface area contributed by atoms with Gasteiger partial charge < -0.3 is 9.72 Å². The standard InChI is InChI=1S/C11H9FN2OS/c1-15-7-2-3-8(9(12)6-7)10-11(16)14-5-4-13-10/h2-6H,1H3,(H,14,16). The van der Waals surface area contributed by atoms with Gasteiger partial charge in [-0.25, -0.2) is 4.39 Å². The van der Waals surface area contributed by atoms with Crippen LogP contribution >= 0.6 is 12.2 Å². The van der Waals surface area contributed by atoms with Gasteiger partial charge in [0, 0.05) is 24.0 Å². The molecule has 1 heterocycles. The number of H-pyrrole nitrogens is 1. The third-order valence-electron chi connectivity index (χ3n) is 2.14. The number of aromatic amines is 1. The van der Waals surface area contributed by atoms with Gasteiger partial charge in [-0.15, -0.1) is 0 Å². The topological polar surface area (TPSA) is 37.9 Å². The molecule has 5 heteroatoms. The van der Waals surface area contributed by atoms with Crippen molar-refractivity contribution in [2.45, 2.75) is 0 Å². The molecule has 3 nitrogen and oxygen atoms in total. The van der Waals surface area contributed by atoms with Crippen LogP contribution in [0.4, 0.5) is 4.39 Å². The van der Waals surface area contributed by atoms with E-state index in [1.807, 2.05) is 0 Å². The first-order chi connectivity index (χ1) is 7.72. The monoisotopic (exact) mass is 236 g/mol. The molecule has 82 valence electrons. The summed E-state index contributed by atoms with van der Waals surface area (Å²) >= 11 is 5.04. The SMILES string of the molecule is COc1ccc(-c2ncc[nH]c2=S)c(F)c1. The Morgan fingerprint density at radius 1 is 1.44 bits per heavy atom. The number of nitrogens with one attached hydrogen (secondary N) is 1. The number of benzene rings is 1. The molecule has 0 aliphatic rings. The van der Waals surface area contributed by atoms with Gasteiger partial charge >= 0.3 is 0 Å². The molecule has 0 atom stereocenters. The molecule has 16 heavy (non-hydrogen) atoms. The van der Waals surface area contributed by atoms with E-state index in [1.54, 1.807) is 18.3 Å². The summed E-state index contributed by atoms with van der Waals surface area (Å²) < 4.78 is 19.1. The molecule has 0 fully saturated rings. The highest BCUT2D eigenvalue weighted by molar-refractivity contribution is 7.71. The van der Waals surface area contributed by atoms with E-state index in [9.17, 15) is 4.39 Å². The maximum Gasteiger partial charge on any atom is 0.136 e. The fourth-order valence-corrected chi connectivity index (χ4v) is 1.59. The zero-order valence-electron chi connectivity index (χ0n) is 8.53. The van der Waals surface area contributed by atoms with Crippen LogP contribution in [0.1, 0.15) is 0 Å². The van der Waals surface area contributed by atoms with Gasteiger partial charge in [0.25, 0.3) is 0 Å². The van der Waals surface area contributed by atoms with Crippen molar-refractivity contribution in [3.8, 4) is 17.0 Å². The van der Waals surface area contributed by atoms with Gasteiger partial charge in [0.2, 0.25) is 0 Å².